The molecule has 2 aliphatic rings. The molecule has 0 unspecified atom stereocenters. The molecule has 4 N–H and O–H groups in total. The molecule has 2 aromatic heterocycles. The van der Waals surface area contributed by atoms with Crippen LogP contribution in [0.3, 0.4) is 0 Å². The normalized spacial score (nSPS) is 26.5. The largest absolute Gasteiger partial charge is 0.469 e. The van der Waals surface area contributed by atoms with Gasteiger partial charge in [-0.05, 0) is 49.1 Å². The van der Waals surface area contributed by atoms with E-state index in [2.05, 4.69) is 28.7 Å². The molecular weight excluding hydrogens is 506 g/mol. The van der Waals surface area contributed by atoms with Crippen molar-refractivity contribution in [3.8, 4) is 6.07 Å². The van der Waals surface area contributed by atoms with Gasteiger partial charge in [0.2, 0.25) is 5.60 Å². The van der Waals surface area contributed by atoms with Crippen LogP contribution in [0.2, 0.25) is 0 Å². The van der Waals surface area contributed by atoms with Gasteiger partial charge in [-0.3, -0.25) is 9.59 Å². The van der Waals surface area contributed by atoms with Gasteiger partial charge in [0.1, 0.15) is 42.8 Å². The van der Waals surface area contributed by atoms with Gasteiger partial charge in [0.05, 0.1) is 18.7 Å². The van der Waals surface area contributed by atoms with Crippen LogP contribution in [0.25, 0.3) is 5.52 Å². The average Bonchev–Trinajstić information content (AvgIpc) is 3.45. The molecule has 0 spiro atoms. The number of carbonyl (C=O) groups excluding carboxylic acids is 2. The molecule has 2 fully saturated rings. The Bertz CT molecular complexity index is 1200. The quantitative estimate of drug-likeness (QED) is 0.452. The van der Waals surface area contributed by atoms with Crippen LogP contribution in [-0.2, 0) is 29.4 Å². The molecule has 1 aliphatic heterocycles. The van der Waals surface area contributed by atoms with Gasteiger partial charge < -0.3 is 30.2 Å². The fourth-order valence-electron chi connectivity index (χ4n) is 4.92. The zero-order valence-electron chi connectivity index (χ0n) is 23.2. The summed E-state index contributed by atoms with van der Waals surface area (Å²) in [5.41, 5.74) is 4.90. The van der Waals surface area contributed by atoms with Gasteiger partial charge in [-0.25, -0.2) is 9.50 Å². The number of hydrogen-bond donors (Lipinski definition) is 3. The second-order valence-electron chi connectivity index (χ2n) is 11.3. The van der Waals surface area contributed by atoms with E-state index in [9.17, 15) is 25.1 Å². The van der Waals surface area contributed by atoms with E-state index in [1.807, 2.05) is 6.07 Å². The molecular formula is C27H39N5O7. The Morgan fingerprint density at radius 1 is 1.28 bits per heavy atom. The van der Waals surface area contributed by atoms with Gasteiger partial charge in [-0.15, -0.1) is 0 Å². The summed E-state index contributed by atoms with van der Waals surface area (Å²) in [5, 5.41) is 35.3. The lowest BCUT2D eigenvalue weighted by Gasteiger charge is -2.33. The molecule has 12 nitrogen and oxygen atoms in total. The van der Waals surface area contributed by atoms with E-state index in [4.69, 9.17) is 15.2 Å². The van der Waals surface area contributed by atoms with Crippen molar-refractivity contribution in [1.29, 1.82) is 5.26 Å². The molecule has 4 atom stereocenters. The van der Waals surface area contributed by atoms with Crippen LogP contribution >= 0.6 is 0 Å². The van der Waals surface area contributed by atoms with E-state index in [1.54, 1.807) is 26.0 Å². The van der Waals surface area contributed by atoms with Crippen molar-refractivity contribution in [2.24, 2.45) is 17.3 Å². The van der Waals surface area contributed by atoms with E-state index < -0.39 is 23.9 Å². The summed E-state index contributed by atoms with van der Waals surface area (Å²) in [6, 6.07) is 5.11. The number of fused-ring (bicyclic) bond motifs is 1. The van der Waals surface area contributed by atoms with Crippen LogP contribution in [-0.4, -0.2) is 68.8 Å². The van der Waals surface area contributed by atoms with Crippen molar-refractivity contribution in [2.45, 2.75) is 83.7 Å². The molecule has 4 rings (SSSR count). The van der Waals surface area contributed by atoms with Gasteiger partial charge in [0.15, 0.2) is 5.82 Å². The van der Waals surface area contributed by atoms with Crippen LogP contribution in [0.4, 0.5) is 5.82 Å². The Balaban J connectivity index is 0.000000532. The fraction of sp³-hybridized carbons (Fsp3) is 0.667. The molecule has 0 bridgehead atoms. The third-order valence-corrected chi connectivity index (χ3v) is 7.48. The second kappa shape index (κ2) is 12.3. The summed E-state index contributed by atoms with van der Waals surface area (Å²) in [5.74, 6) is -0.0389. The Kier molecular flexibility index (Phi) is 9.53. The predicted molar refractivity (Wildman–Crippen MR) is 140 cm³/mol. The number of nitrogens with two attached hydrogens (primary N) is 1. The molecule has 1 saturated carbocycles. The van der Waals surface area contributed by atoms with E-state index in [0.29, 0.717) is 17.4 Å². The number of anilines is 1. The lowest BCUT2D eigenvalue weighted by atomic mass is 9.72. The van der Waals surface area contributed by atoms with E-state index in [0.717, 1.165) is 25.7 Å². The Labute approximate surface area is 228 Å². The molecule has 12 heteroatoms. The van der Waals surface area contributed by atoms with Crippen molar-refractivity contribution >= 4 is 23.3 Å². The summed E-state index contributed by atoms with van der Waals surface area (Å²) in [6.45, 7) is 7.81. The van der Waals surface area contributed by atoms with Crippen molar-refractivity contribution < 1.29 is 34.0 Å². The molecule has 3 heterocycles. The number of carbonyl (C=O) groups is 2. The first-order valence-electron chi connectivity index (χ1n) is 13.1. The molecule has 0 radical (unpaired) electrons. The summed E-state index contributed by atoms with van der Waals surface area (Å²) in [6.07, 6.45) is 1.57. The van der Waals surface area contributed by atoms with Gasteiger partial charge in [-0.2, -0.15) is 10.4 Å². The number of aliphatic hydroxyl groups excluding tert-OH is 2. The van der Waals surface area contributed by atoms with Crippen LogP contribution in [0.5, 0.6) is 0 Å². The number of nitrogen functional groups attached to an aromatic ring is 1. The number of esters is 2. The molecule has 1 aliphatic carbocycles. The minimum atomic E-state index is -1.90. The molecule has 2 aromatic rings. The number of rotatable bonds is 6. The topological polar surface area (TPSA) is 182 Å². The average molecular weight is 546 g/mol. The van der Waals surface area contributed by atoms with Crippen molar-refractivity contribution in [3.63, 3.8) is 0 Å². The van der Waals surface area contributed by atoms with Gasteiger partial charge in [-0.1, -0.05) is 27.7 Å². The maximum absolute atomic E-state index is 12.4. The molecule has 0 aromatic carbocycles. The highest BCUT2D eigenvalue weighted by Gasteiger charge is 2.57. The van der Waals surface area contributed by atoms with E-state index in [1.165, 1.54) is 18.0 Å². The standard InChI is InChI=1S/C22H29N5O5.C5H10O2/c1-21(2)7-5-13(6-8-21)9-17(28)31-10-15-18(29)19(30)22(11-23,32-15)16-4-3-14-20(24)25-12-26-27(14)16;1-4(2)5(6)7-3/h3-4,12-13,15,18-19,29-30H,5-10H2,1-2H3,(H2,24,25,26);4H,1-3H3/t15-,18-,19-,22+;/m1./s1. The monoisotopic (exact) mass is 545 g/mol. The summed E-state index contributed by atoms with van der Waals surface area (Å²) >= 11 is 0. The lowest BCUT2D eigenvalue weighted by Crippen LogP contribution is -2.41. The molecule has 0 amide bonds. The van der Waals surface area contributed by atoms with Crippen LogP contribution in [0, 0.1) is 28.6 Å². The number of methoxy groups -OCH3 is 1. The van der Waals surface area contributed by atoms with Crippen molar-refractivity contribution in [3.05, 3.63) is 24.2 Å². The smallest absolute Gasteiger partial charge is 0.308 e. The fourth-order valence-corrected chi connectivity index (χ4v) is 4.92. The van der Waals surface area contributed by atoms with Crippen molar-refractivity contribution in [2.75, 3.05) is 19.5 Å². The Hall–Kier alpha value is -3.27. The first-order chi connectivity index (χ1) is 18.3. The number of ether oxygens (including phenoxy) is 3. The maximum Gasteiger partial charge on any atom is 0.308 e. The predicted octanol–water partition coefficient (Wildman–Crippen LogP) is 2.12. The zero-order chi connectivity index (χ0) is 29.0. The van der Waals surface area contributed by atoms with Gasteiger partial charge in [0.25, 0.3) is 0 Å². The number of aromatic nitrogens is 3. The number of hydrogen-bond acceptors (Lipinski definition) is 11. The van der Waals surface area contributed by atoms with E-state index >= 15 is 0 Å². The lowest BCUT2D eigenvalue weighted by molar-refractivity contribution is -0.152. The van der Waals surface area contributed by atoms with Crippen molar-refractivity contribution in [1.82, 2.24) is 14.6 Å². The van der Waals surface area contributed by atoms with Crippen LogP contribution < -0.4 is 5.73 Å². The third-order valence-electron chi connectivity index (χ3n) is 7.48. The van der Waals surface area contributed by atoms with Crippen LogP contribution in [0.15, 0.2) is 18.5 Å². The summed E-state index contributed by atoms with van der Waals surface area (Å²) < 4.78 is 16.9. The van der Waals surface area contributed by atoms with Gasteiger partial charge in [0, 0.05) is 6.42 Å². The minimum absolute atomic E-state index is 0.00463. The molecule has 214 valence electrons. The molecule has 39 heavy (non-hydrogen) atoms. The second-order valence-corrected chi connectivity index (χ2v) is 11.3. The zero-order valence-corrected chi connectivity index (χ0v) is 23.2. The first kappa shape index (κ1) is 30.3. The molecule has 1 saturated heterocycles. The Morgan fingerprint density at radius 3 is 2.51 bits per heavy atom. The third kappa shape index (κ3) is 6.66. The SMILES string of the molecule is CC1(C)CCC(CC(=O)OC[C@H]2O[C@@](C#N)(c3ccc4c(N)ncnn34)[C@H](O)[C@@H]2O)CC1.COC(=O)C(C)C. The highest BCUT2D eigenvalue weighted by atomic mass is 16.6. The van der Waals surface area contributed by atoms with E-state index in [-0.39, 0.29) is 41.9 Å². The number of nitriles is 1. The summed E-state index contributed by atoms with van der Waals surface area (Å²) in [7, 11) is 1.39. The Morgan fingerprint density at radius 2 is 1.95 bits per heavy atom. The van der Waals surface area contributed by atoms with Crippen LogP contribution in [0.1, 0.15) is 65.5 Å². The highest BCUT2D eigenvalue weighted by molar-refractivity contribution is 5.71. The number of aliphatic hydroxyl groups is 2. The highest BCUT2D eigenvalue weighted by Crippen LogP contribution is 2.41. The minimum Gasteiger partial charge on any atom is -0.469 e. The first-order valence-corrected chi connectivity index (χ1v) is 13.1. The number of nitrogens with zero attached hydrogens (tertiary/aromatic N) is 4. The summed E-state index contributed by atoms with van der Waals surface area (Å²) in [4.78, 5) is 26.6. The van der Waals surface area contributed by atoms with Gasteiger partial charge >= 0.3 is 11.9 Å². The maximum atomic E-state index is 12.4.